The lowest BCUT2D eigenvalue weighted by atomic mass is 10.3. The van der Waals surface area contributed by atoms with Crippen LogP contribution in [-0.2, 0) is 14.8 Å². The maximum Gasteiger partial charge on any atom is 0.264 e. The summed E-state index contributed by atoms with van der Waals surface area (Å²) in [6, 6.07) is 13.3. The predicted molar refractivity (Wildman–Crippen MR) is 125 cm³/mol. The van der Waals surface area contributed by atoms with Crippen LogP contribution in [0.25, 0.3) is 0 Å². The summed E-state index contributed by atoms with van der Waals surface area (Å²) in [5, 5.41) is 3.08. The molecule has 1 aliphatic heterocycles. The molecule has 1 saturated heterocycles. The molecule has 0 atom stereocenters. The summed E-state index contributed by atoms with van der Waals surface area (Å²) in [6.45, 7) is 8.96. The van der Waals surface area contributed by atoms with E-state index in [2.05, 4.69) is 22.0 Å². The Kier molecular flexibility index (Phi) is 9.79. The minimum Gasteiger partial charge on any atom is -1.00 e. The van der Waals surface area contributed by atoms with Gasteiger partial charge in [-0.1, -0.05) is 36.7 Å². The lowest BCUT2D eigenvalue weighted by Crippen LogP contribution is -3.00. The van der Waals surface area contributed by atoms with Crippen LogP contribution in [0.1, 0.15) is 13.8 Å². The molecule has 0 saturated carbocycles. The number of sulfonamides is 1. The Morgan fingerprint density at radius 1 is 1.03 bits per heavy atom. The van der Waals surface area contributed by atoms with Crippen molar-refractivity contribution in [2.24, 2.45) is 0 Å². The van der Waals surface area contributed by atoms with Crippen LogP contribution < -0.4 is 22.0 Å². The van der Waals surface area contributed by atoms with E-state index >= 15 is 0 Å². The molecule has 1 amide bonds. The number of nitrogens with one attached hydrogen (secondary N) is 1. The molecule has 10 heteroatoms. The van der Waals surface area contributed by atoms with E-state index in [1.165, 1.54) is 22.5 Å². The number of rotatable bonds is 8. The van der Waals surface area contributed by atoms with Crippen LogP contribution in [0.2, 0.25) is 5.02 Å². The fourth-order valence-corrected chi connectivity index (χ4v) is 5.30. The zero-order valence-electron chi connectivity index (χ0n) is 18.3. The topological polar surface area (TPSA) is 73.0 Å². The molecule has 1 N–H and O–H groups in total. The van der Waals surface area contributed by atoms with Gasteiger partial charge in [-0.2, -0.15) is 0 Å². The van der Waals surface area contributed by atoms with Crippen LogP contribution in [-0.4, -0.2) is 69.9 Å². The number of benzene rings is 2. The van der Waals surface area contributed by atoms with Gasteiger partial charge in [-0.15, -0.1) is 0 Å². The zero-order valence-corrected chi connectivity index (χ0v) is 20.6. The first-order chi connectivity index (χ1) is 14.8. The third-order valence-electron chi connectivity index (χ3n) is 5.41. The molecule has 7 nitrogen and oxygen atoms in total. The number of hydrogen-bond donors (Lipinski definition) is 1. The van der Waals surface area contributed by atoms with E-state index < -0.39 is 10.0 Å². The number of para-hydroxylation sites is 1. The molecular formula is C22H29Cl2N4O3S-. The molecule has 0 spiro atoms. The van der Waals surface area contributed by atoms with Gasteiger partial charge in [0, 0.05) is 32.7 Å². The summed E-state index contributed by atoms with van der Waals surface area (Å²) in [7, 11) is -3.81. The van der Waals surface area contributed by atoms with Gasteiger partial charge >= 0.3 is 0 Å². The van der Waals surface area contributed by atoms with Crippen molar-refractivity contribution < 1.29 is 25.6 Å². The van der Waals surface area contributed by atoms with Gasteiger partial charge < -0.3 is 22.6 Å². The minimum absolute atomic E-state index is 0. The first kappa shape index (κ1) is 26.4. The Bertz CT molecular complexity index is 997. The molecule has 0 radical (unpaired) electrons. The van der Waals surface area contributed by atoms with Crippen molar-refractivity contribution in [3.05, 3.63) is 53.6 Å². The number of amides is 1. The van der Waals surface area contributed by atoms with Gasteiger partial charge in [-0.25, -0.2) is 8.42 Å². The van der Waals surface area contributed by atoms with Gasteiger partial charge in [0.05, 0.1) is 27.8 Å². The van der Waals surface area contributed by atoms with Crippen LogP contribution in [0.3, 0.4) is 0 Å². The third-order valence-corrected chi connectivity index (χ3v) is 7.64. The SMILES string of the molecule is CCN1CCN(CC(=O)Nc2cc(S(=O)(=O)N(CC)c3ccccc3)ccc2Cl)CC1.[Cl-]. The van der Waals surface area contributed by atoms with Crippen molar-refractivity contribution in [1.82, 2.24) is 9.80 Å². The van der Waals surface area contributed by atoms with Crippen molar-refractivity contribution >= 4 is 38.9 Å². The van der Waals surface area contributed by atoms with Gasteiger partial charge in [0.1, 0.15) is 0 Å². The quantitative estimate of drug-likeness (QED) is 0.559. The van der Waals surface area contributed by atoms with Crippen molar-refractivity contribution in [2.75, 3.05) is 55.4 Å². The molecule has 32 heavy (non-hydrogen) atoms. The molecular weight excluding hydrogens is 471 g/mol. The predicted octanol–water partition coefficient (Wildman–Crippen LogP) is 0.135. The Morgan fingerprint density at radius 3 is 2.25 bits per heavy atom. The molecule has 3 rings (SSSR count). The molecule has 1 heterocycles. The Morgan fingerprint density at radius 2 is 1.66 bits per heavy atom. The number of carbonyl (C=O) groups is 1. The molecule has 0 aromatic heterocycles. The Balaban J connectivity index is 0.00000363. The van der Waals surface area contributed by atoms with Gasteiger partial charge in [0.15, 0.2) is 0 Å². The molecule has 1 aliphatic rings. The number of halogens is 2. The Hall–Kier alpha value is -1.84. The van der Waals surface area contributed by atoms with Crippen molar-refractivity contribution in [3.8, 4) is 0 Å². The molecule has 0 unspecified atom stereocenters. The zero-order chi connectivity index (χ0) is 22.4. The fourth-order valence-electron chi connectivity index (χ4n) is 3.63. The summed E-state index contributed by atoms with van der Waals surface area (Å²) in [5.41, 5.74) is 0.876. The first-order valence-electron chi connectivity index (χ1n) is 10.5. The number of likely N-dealkylation sites (N-methyl/N-ethyl adjacent to an activating group) is 1. The smallest absolute Gasteiger partial charge is 0.264 e. The summed E-state index contributed by atoms with van der Waals surface area (Å²) >= 11 is 6.26. The van der Waals surface area contributed by atoms with Gasteiger partial charge in [-0.05, 0) is 43.8 Å². The van der Waals surface area contributed by atoms with E-state index in [1.807, 2.05) is 6.07 Å². The molecule has 2 aromatic carbocycles. The highest BCUT2D eigenvalue weighted by Crippen LogP contribution is 2.29. The number of anilines is 2. The highest BCUT2D eigenvalue weighted by molar-refractivity contribution is 7.92. The van der Waals surface area contributed by atoms with Crippen LogP contribution in [0.4, 0.5) is 11.4 Å². The maximum absolute atomic E-state index is 13.2. The summed E-state index contributed by atoms with van der Waals surface area (Å²) in [4.78, 5) is 17.1. The van der Waals surface area contributed by atoms with Crippen LogP contribution in [0.5, 0.6) is 0 Å². The van der Waals surface area contributed by atoms with E-state index in [9.17, 15) is 13.2 Å². The van der Waals surface area contributed by atoms with E-state index in [0.717, 1.165) is 32.7 Å². The molecule has 176 valence electrons. The Labute approximate surface area is 201 Å². The lowest BCUT2D eigenvalue weighted by Gasteiger charge is -2.33. The van der Waals surface area contributed by atoms with Crippen LogP contribution in [0, 0.1) is 0 Å². The fraction of sp³-hybridized carbons (Fsp3) is 0.409. The normalized spacial score (nSPS) is 15.1. The molecule has 0 bridgehead atoms. The monoisotopic (exact) mass is 499 g/mol. The first-order valence-corrected chi connectivity index (χ1v) is 12.3. The largest absolute Gasteiger partial charge is 1.00 e. The third kappa shape index (κ3) is 6.36. The molecule has 1 fully saturated rings. The second-order valence-electron chi connectivity index (χ2n) is 7.41. The number of nitrogens with zero attached hydrogens (tertiary/aromatic N) is 3. The summed E-state index contributed by atoms with van der Waals surface area (Å²) in [6.07, 6.45) is 0. The van der Waals surface area contributed by atoms with Crippen molar-refractivity contribution in [1.29, 1.82) is 0 Å². The summed E-state index contributed by atoms with van der Waals surface area (Å²) < 4.78 is 27.8. The van der Waals surface area contributed by atoms with Crippen LogP contribution >= 0.6 is 11.6 Å². The second kappa shape index (κ2) is 11.9. The van der Waals surface area contributed by atoms with Crippen molar-refractivity contribution in [2.45, 2.75) is 18.7 Å². The van der Waals surface area contributed by atoms with Gasteiger partial charge in [0.2, 0.25) is 5.91 Å². The average molecular weight is 500 g/mol. The lowest BCUT2D eigenvalue weighted by molar-refractivity contribution is -0.117. The highest BCUT2D eigenvalue weighted by atomic mass is 35.5. The van der Waals surface area contributed by atoms with Crippen molar-refractivity contribution in [3.63, 3.8) is 0 Å². The highest BCUT2D eigenvalue weighted by Gasteiger charge is 2.25. The van der Waals surface area contributed by atoms with Gasteiger partial charge in [-0.3, -0.25) is 14.0 Å². The van der Waals surface area contributed by atoms with E-state index in [-0.39, 0.29) is 36.3 Å². The molecule has 0 aliphatic carbocycles. The average Bonchev–Trinajstić information content (AvgIpc) is 2.76. The van der Waals surface area contributed by atoms with Gasteiger partial charge in [0.25, 0.3) is 10.0 Å². The number of piperazine rings is 1. The van der Waals surface area contributed by atoms with Crippen LogP contribution in [0.15, 0.2) is 53.4 Å². The minimum atomic E-state index is -3.81. The van der Waals surface area contributed by atoms with E-state index in [1.54, 1.807) is 31.2 Å². The standard InChI is InChI=1S/C22H29ClN4O3S.ClH/c1-3-25-12-14-26(15-13-25)17-22(28)24-21-16-19(10-11-20(21)23)31(29,30)27(4-2)18-8-6-5-7-9-18;/h5-11,16H,3-4,12-15,17H2,1-2H3,(H,24,28);1H/p-1. The van der Waals surface area contributed by atoms with E-state index in [0.29, 0.717) is 16.4 Å². The molecule has 2 aromatic rings. The second-order valence-corrected chi connectivity index (χ2v) is 9.68. The number of carbonyl (C=O) groups excluding carboxylic acids is 1. The summed E-state index contributed by atoms with van der Waals surface area (Å²) in [5.74, 6) is -0.211. The van der Waals surface area contributed by atoms with E-state index in [4.69, 9.17) is 11.6 Å². The maximum atomic E-state index is 13.2. The number of hydrogen-bond acceptors (Lipinski definition) is 5.